The smallest absolute Gasteiger partial charge is 0.0505 e. The summed E-state index contributed by atoms with van der Waals surface area (Å²) in [5, 5.41) is 0. The third kappa shape index (κ3) is 0.999. The fraction of sp³-hybridized carbons (Fsp3) is 0. The molecule has 2 aromatic heterocycles. The number of fused-ring (bicyclic) bond motifs is 1. The first kappa shape index (κ1) is 6.13. The lowest BCUT2D eigenvalue weighted by atomic mass is 10.7. The van der Waals surface area contributed by atoms with Gasteiger partial charge in [0.1, 0.15) is 0 Å². The molecule has 2 heterocycles. The SMILES string of the molecule is c1cc[si]2cccc[si]2c1. The van der Waals surface area contributed by atoms with Gasteiger partial charge < -0.3 is 0 Å². The summed E-state index contributed by atoms with van der Waals surface area (Å²) in [5.74, 6) is 0. The van der Waals surface area contributed by atoms with Crippen LogP contribution in [0.2, 0.25) is 0 Å². The summed E-state index contributed by atoms with van der Waals surface area (Å²) in [6.45, 7) is 0. The fourth-order valence-corrected chi connectivity index (χ4v) is 6.86. The first-order chi connectivity index (χ1) is 4.97. The molecule has 0 aromatic carbocycles. The van der Waals surface area contributed by atoms with E-state index in [1.807, 2.05) is 0 Å². The highest BCUT2D eigenvalue weighted by Gasteiger charge is 1.87. The van der Waals surface area contributed by atoms with Crippen LogP contribution in [-0.4, -0.2) is 15.4 Å². The van der Waals surface area contributed by atoms with E-state index in [2.05, 4.69) is 47.0 Å². The minimum absolute atomic E-state index is 0.223. The van der Waals surface area contributed by atoms with E-state index in [0.717, 1.165) is 0 Å². The van der Waals surface area contributed by atoms with Gasteiger partial charge in [0.15, 0.2) is 0 Å². The predicted octanol–water partition coefficient (Wildman–Crippen LogP) is 1.49. The average molecular weight is 160 g/mol. The maximum atomic E-state index is 2.39. The Morgan fingerprint density at radius 2 is 0.800 bits per heavy atom. The summed E-state index contributed by atoms with van der Waals surface area (Å²) in [7, 11) is -0.445. The van der Waals surface area contributed by atoms with Crippen LogP contribution < -0.4 is 0 Å². The molecule has 0 radical (unpaired) electrons. The first-order valence-corrected chi connectivity index (χ1v) is 7.71. The van der Waals surface area contributed by atoms with Gasteiger partial charge in [-0.15, -0.1) is 0 Å². The Balaban J connectivity index is 2.89. The van der Waals surface area contributed by atoms with Crippen LogP contribution >= 0.6 is 0 Å². The summed E-state index contributed by atoms with van der Waals surface area (Å²) in [4.78, 5) is 0. The van der Waals surface area contributed by atoms with Crippen molar-refractivity contribution in [1.29, 1.82) is 0 Å². The van der Waals surface area contributed by atoms with Crippen molar-refractivity contribution in [1.82, 2.24) is 0 Å². The zero-order valence-corrected chi connectivity index (χ0v) is 7.62. The van der Waals surface area contributed by atoms with Crippen molar-refractivity contribution in [3.63, 3.8) is 0 Å². The molecule has 0 unspecified atom stereocenters. The van der Waals surface area contributed by atoms with Crippen molar-refractivity contribution in [3.05, 3.63) is 47.0 Å². The Bertz CT molecular complexity index is 278. The average Bonchev–Trinajstić information content (AvgIpc) is 2.05. The van der Waals surface area contributed by atoms with Crippen LogP contribution in [0.25, 0.3) is 0 Å². The van der Waals surface area contributed by atoms with Gasteiger partial charge >= 0.3 is 0 Å². The van der Waals surface area contributed by atoms with Crippen molar-refractivity contribution in [3.8, 4) is 0 Å². The van der Waals surface area contributed by atoms with E-state index >= 15 is 0 Å². The van der Waals surface area contributed by atoms with Crippen LogP contribution in [0, 0.1) is 0 Å². The van der Waals surface area contributed by atoms with E-state index in [-0.39, 0.29) is 15.4 Å². The van der Waals surface area contributed by atoms with Gasteiger partial charge in [0.05, 0.1) is 15.4 Å². The highest BCUT2D eigenvalue weighted by Crippen LogP contribution is 1.86. The standard InChI is InChI=1S/C8H8Si2/c1-2-6-10-8-4-3-7-9(10)5-1/h1-8H. The van der Waals surface area contributed by atoms with Gasteiger partial charge in [0.2, 0.25) is 0 Å². The van der Waals surface area contributed by atoms with Gasteiger partial charge in [-0.25, -0.2) is 0 Å². The molecule has 0 aliphatic rings. The summed E-state index contributed by atoms with van der Waals surface area (Å²) < 4.78 is 0. The third-order valence-electron chi connectivity index (χ3n) is 1.66. The van der Waals surface area contributed by atoms with Crippen LogP contribution in [0.15, 0.2) is 47.0 Å². The predicted molar refractivity (Wildman–Crippen MR) is 46.8 cm³/mol. The molecule has 0 saturated heterocycles. The number of rotatable bonds is 0. The largest absolute Gasteiger partial charge is 0.0772 e. The maximum absolute atomic E-state index is 2.39. The second-order valence-corrected chi connectivity index (χ2v) is 8.97. The molecule has 48 valence electrons. The monoisotopic (exact) mass is 160 g/mol. The van der Waals surface area contributed by atoms with E-state index in [0.29, 0.717) is 0 Å². The molecule has 0 N–H and O–H groups in total. The van der Waals surface area contributed by atoms with Crippen LogP contribution in [0.5, 0.6) is 0 Å². The second-order valence-electron chi connectivity index (χ2n) is 2.35. The Hall–Kier alpha value is -0.606. The fourth-order valence-electron chi connectivity index (χ4n) is 1.13. The first-order valence-electron chi connectivity index (χ1n) is 3.40. The minimum Gasteiger partial charge on any atom is -0.0772 e. The Kier molecular flexibility index (Phi) is 1.57. The molecule has 0 amide bonds. The van der Waals surface area contributed by atoms with E-state index < -0.39 is 0 Å². The number of hydrogen-bond donors (Lipinski definition) is 0. The summed E-state index contributed by atoms with van der Waals surface area (Å²) in [5.41, 5.74) is 9.55. The molecule has 10 heavy (non-hydrogen) atoms. The molecule has 0 bridgehead atoms. The Labute approximate surface area is 62.9 Å². The highest BCUT2D eigenvalue weighted by molar-refractivity contribution is 6.97. The zero-order valence-electron chi connectivity index (χ0n) is 5.62. The molecule has 0 aliphatic heterocycles. The van der Waals surface area contributed by atoms with Gasteiger partial charge in [0, 0.05) is 0 Å². The molecule has 0 spiro atoms. The van der Waals surface area contributed by atoms with Gasteiger partial charge in [0.25, 0.3) is 0 Å². The quantitative estimate of drug-likeness (QED) is 0.512. The summed E-state index contributed by atoms with van der Waals surface area (Å²) in [6, 6.07) is 8.75. The minimum atomic E-state index is -0.223. The lowest BCUT2D eigenvalue weighted by Gasteiger charge is -1.90. The molecule has 2 aromatic rings. The number of hydrogen-bond acceptors (Lipinski definition) is 0. The molecule has 0 fully saturated rings. The van der Waals surface area contributed by atoms with Crippen LogP contribution in [0.4, 0.5) is 0 Å². The van der Waals surface area contributed by atoms with Gasteiger partial charge in [-0.05, 0) is 0 Å². The summed E-state index contributed by atoms with van der Waals surface area (Å²) >= 11 is 0. The molecule has 0 saturated carbocycles. The second kappa shape index (κ2) is 2.56. The Morgan fingerprint density at radius 3 is 1.10 bits per heavy atom. The van der Waals surface area contributed by atoms with Crippen molar-refractivity contribution in [2.45, 2.75) is 0 Å². The molecule has 2 heteroatoms. The Morgan fingerprint density at radius 1 is 0.500 bits per heavy atom. The molecule has 2 rings (SSSR count). The van der Waals surface area contributed by atoms with E-state index in [9.17, 15) is 0 Å². The van der Waals surface area contributed by atoms with Crippen LogP contribution in [0.3, 0.4) is 0 Å². The van der Waals surface area contributed by atoms with E-state index in [4.69, 9.17) is 0 Å². The molecule has 0 nitrogen and oxygen atoms in total. The summed E-state index contributed by atoms with van der Waals surface area (Å²) in [6.07, 6.45) is 0. The topological polar surface area (TPSA) is 0 Å². The third-order valence-corrected chi connectivity index (χ3v) is 8.53. The molecule has 0 atom stereocenters. The lowest BCUT2D eigenvalue weighted by Crippen LogP contribution is -2.00. The molecule has 0 aliphatic carbocycles. The van der Waals surface area contributed by atoms with E-state index in [1.54, 1.807) is 0 Å². The lowest BCUT2D eigenvalue weighted by molar-refractivity contribution is 1.89. The van der Waals surface area contributed by atoms with Gasteiger partial charge in [-0.2, -0.15) is 0 Å². The highest BCUT2D eigenvalue weighted by atomic mass is 29.0. The van der Waals surface area contributed by atoms with Crippen molar-refractivity contribution in [2.75, 3.05) is 0 Å². The van der Waals surface area contributed by atoms with Crippen molar-refractivity contribution in [2.24, 2.45) is 0 Å². The normalized spacial score (nSPS) is 10.0. The van der Waals surface area contributed by atoms with Crippen LogP contribution in [0.1, 0.15) is 0 Å². The van der Waals surface area contributed by atoms with Crippen molar-refractivity contribution >= 4 is 15.4 Å². The maximum Gasteiger partial charge on any atom is 0.0505 e. The molecular formula is C8H8Si2. The van der Waals surface area contributed by atoms with Gasteiger partial charge in [-0.3, -0.25) is 0 Å². The zero-order chi connectivity index (χ0) is 6.81. The van der Waals surface area contributed by atoms with E-state index in [1.165, 1.54) is 0 Å². The molecular weight excluding hydrogens is 152 g/mol. The van der Waals surface area contributed by atoms with Crippen LogP contribution in [-0.2, 0) is 0 Å². The van der Waals surface area contributed by atoms with Gasteiger partial charge in [-0.1, -0.05) is 47.0 Å². The van der Waals surface area contributed by atoms with Crippen molar-refractivity contribution < 1.29 is 0 Å².